The third-order valence-electron chi connectivity index (χ3n) is 4.91. The number of carbonyl (C=O) groups is 3. The van der Waals surface area contributed by atoms with Gasteiger partial charge in [-0.1, -0.05) is 12.1 Å². The van der Waals surface area contributed by atoms with Gasteiger partial charge in [0, 0.05) is 43.7 Å². The molecule has 1 saturated heterocycles. The molecule has 0 spiro atoms. The molecule has 0 bridgehead atoms. The second-order valence-corrected chi connectivity index (χ2v) is 7.60. The summed E-state index contributed by atoms with van der Waals surface area (Å²) in [7, 11) is 0. The number of carbonyl (C=O) groups excluding carboxylic acids is 3. The van der Waals surface area contributed by atoms with Crippen LogP contribution in [-0.4, -0.2) is 53.3 Å². The fourth-order valence-electron chi connectivity index (χ4n) is 3.56. The molecule has 1 aromatic heterocycles. The summed E-state index contributed by atoms with van der Waals surface area (Å²) in [6, 6.07) is 6.93. The Bertz CT molecular complexity index is 833. The summed E-state index contributed by atoms with van der Waals surface area (Å²) in [4.78, 5) is 44.5. The Morgan fingerprint density at radius 3 is 2.63 bits per heavy atom. The standard InChI is InChI=1S/C19H20N4O3S/c24-16(21-13-7-10-22(12-13)19-20-8-11-27-19)6-3-9-23-17(25)14-4-1-2-5-15(14)18(23)26/h1-2,4-5,8,11,13H,3,6-7,9-10,12H2,(H,21,24). The average molecular weight is 384 g/mol. The third-order valence-corrected chi connectivity index (χ3v) is 5.74. The Balaban J connectivity index is 1.23. The molecule has 3 amide bonds. The minimum Gasteiger partial charge on any atom is -0.352 e. The Labute approximate surface area is 161 Å². The van der Waals surface area contributed by atoms with E-state index in [0.717, 1.165) is 24.6 Å². The van der Waals surface area contributed by atoms with Gasteiger partial charge in [0.1, 0.15) is 0 Å². The summed E-state index contributed by atoms with van der Waals surface area (Å²) < 4.78 is 0. The molecule has 2 aliphatic heterocycles. The van der Waals surface area contributed by atoms with E-state index in [1.54, 1.807) is 41.8 Å². The first-order valence-corrected chi connectivity index (χ1v) is 9.90. The minimum atomic E-state index is -0.272. The highest BCUT2D eigenvalue weighted by Crippen LogP contribution is 2.23. The maximum atomic E-state index is 12.3. The molecule has 0 aliphatic carbocycles. The van der Waals surface area contributed by atoms with Crippen LogP contribution in [0, 0.1) is 0 Å². The Morgan fingerprint density at radius 1 is 1.22 bits per heavy atom. The van der Waals surface area contributed by atoms with Crippen molar-refractivity contribution in [2.75, 3.05) is 24.5 Å². The molecule has 1 unspecified atom stereocenters. The predicted octanol–water partition coefficient (Wildman–Crippen LogP) is 1.91. The highest BCUT2D eigenvalue weighted by atomic mass is 32.1. The van der Waals surface area contributed by atoms with Crippen molar-refractivity contribution in [2.24, 2.45) is 0 Å². The van der Waals surface area contributed by atoms with Gasteiger partial charge >= 0.3 is 0 Å². The molecule has 0 radical (unpaired) electrons. The van der Waals surface area contributed by atoms with Crippen LogP contribution in [0.15, 0.2) is 35.8 Å². The molecule has 1 aromatic carbocycles. The van der Waals surface area contributed by atoms with Gasteiger partial charge in [-0.25, -0.2) is 4.98 Å². The van der Waals surface area contributed by atoms with E-state index >= 15 is 0 Å². The number of aromatic nitrogens is 1. The Kier molecular flexibility index (Phi) is 4.89. The Hall–Kier alpha value is -2.74. The van der Waals surface area contributed by atoms with E-state index in [1.165, 1.54) is 4.90 Å². The lowest BCUT2D eigenvalue weighted by Crippen LogP contribution is -2.37. The number of rotatable bonds is 6. The van der Waals surface area contributed by atoms with Crippen LogP contribution in [0.2, 0.25) is 0 Å². The molecule has 140 valence electrons. The lowest BCUT2D eigenvalue weighted by molar-refractivity contribution is -0.121. The number of amides is 3. The molecule has 3 heterocycles. The Morgan fingerprint density at radius 2 is 1.96 bits per heavy atom. The maximum absolute atomic E-state index is 12.3. The number of nitrogens with one attached hydrogen (secondary N) is 1. The molecule has 2 aliphatic rings. The van der Waals surface area contributed by atoms with Gasteiger partial charge in [-0.3, -0.25) is 19.3 Å². The van der Waals surface area contributed by atoms with Crippen LogP contribution in [0.3, 0.4) is 0 Å². The highest BCUT2D eigenvalue weighted by Gasteiger charge is 2.34. The summed E-state index contributed by atoms with van der Waals surface area (Å²) in [6.07, 6.45) is 3.43. The van der Waals surface area contributed by atoms with Crippen LogP contribution >= 0.6 is 11.3 Å². The number of anilines is 1. The van der Waals surface area contributed by atoms with E-state index < -0.39 is 0 Å². The largest absolute Gasteiger partial charge is 0.352 e. The van der Waals surface area contributed by atoms with E-state index in [4.69, 9.17) is 0 Å². The molecule has 7 nitrogen and oxygen atoms in total. The highest BCUT2D eigenvalue weighted by molar-refractivity contribution is 7.13. The van der Waals surface area contributed by atoms with Crippen molar-refractivity contribution in [3.05, 3.63) is 47.0 Å². The first-order valence-electron chi connectivity index (χ1n) is 9.02. The lowest BCUT2D eigenvalue weighted by Gasteiger charge is -2.16. The average Bonchev–Trinajstić information content (AvgIpc) is 3.39. The second kappa shape index (κ2) is 7.48. The molecule has 8 heteroatoms. The number of imide groups is 1. The molecule has 1 atom stereocenters. The second-order valence-electron chi connectivity index (χ2n) is 6.72. The van der Waals surface area contributed by atoms with Crippen LogP contribution in [-0.2, 0) is 4.79 Å². The van der Waals surface area contributed by atoms with Crippen molar-refractivity contribution in [3.63, 3.8) is 0 Å². The van der Waals surface area contributed by atoms with Crippen molar-refractivity contribution in [3.8, 4) is 0 Å². The van der Waals surface area contributed by atoms with Gasteiger partial charge in [-0.2, -0.15) is 0 Å². The van der Waals surface area contributed by atoms with Gasteiger partial charge in [0.25, 0.3) is 11.8 Å². The third kappa shape index (κ3) is 3.57. The smallest absolute Gasteiger partial charge is 0.261 e. The van der Waals surface area contributed by atoms with Crippen LogP contribution in [0.5, 0.6) is 0 Å². The van der Waals surface area contributed by atoms with Crippen LogP contribution in [0.1, 0.15) is 40.0 Å². The lowest BCUT2D eigenvalue weighted by atomic mass is 10.1. The molecule has 1 N–H and O–H groups in total. The van der Waals surface area contributed by atoms with Gasteiger partial charge in [-0.15, -0.1) is 11.3 Å². The fraction of sp³-hybridized carbons (Fsp3) is 0.368. The molecule has 0 saturated carbocycles. The van der Waals surface area contributed by atoms with Gasteiger partial charge in [-0.05, 0) is 25.0 Å². The zero-order valence-corrected chi connectivity index (χ0v) is 15.6. The van der Waals surface area contributed by atoms with Crippen molar-refractivity contribution in [1.82, 2.24) is 15.2 Å². The topological polar surface area (TPSA) is 82.6 Å². The number of thiazole rings is 1. The number of benzene rings is 1. The van der Waals surface area contributed by atoms with Crippen molar-refractivity contribution >= 4 is 34.2 Å². The minimum absolute atomic E-state index is 0.0439. The molecule has 2 aromatic rings. The quantitative estimate of drug-likeness (QED) is 0.770. The predicted molar refractivity (Wildman–Crippen MR) is 102 cm³/mol. The summed E-state index contributed by atoms with van der Waals surface area (Å²) in [6.45, 7) is 1.90. The van der Waals surface area contributed by atoms with Gasteiger partial charge in [0.15, 0.2) is 5.13 Å². The number of hydrogen-bond acceptors (Lipinski definition) is 6. The number of fused-ring (bicyclic) bond motifs is 1. The summed E-state index contributed by atoms with van der Waals surface area (Å²) in [5.74, 6) is -0.589. The zero-order chi connectivity index (χ0) is 18.8. The van der Waals surface area contributed by atoms with Gasteiger partial charge < -0.3 is 10.2 Å². The summed E-state index contributed by atoms with van der Waals surface area (Å²) in [5, 5.41) is 5.97. The summed E-state index contributed by atoms with van der Waals surface area (Å²) >= 11 is 1.60. The molecular formula is C19H20N4O3S. The van der Waals surface area contributed by atoms with E-state index in [-0.39, 0.29) is 30.3 Å². The fourth-order valence-corrected chi connectivity index (χ4v) is 4.24. The SMILES string of the molecule is O=C(CCCN1C(=O)c2ccccc2C1=O)NC1CCN(c2nccs2)C1. The first-order chi connectivity index (χ1) is 13.1. The molecule has 1 fully saturated rings. The van der Waals surface area contributed by atoms with E-state index in [0.29, 0.717) is 24.0 Å². The van der Waals surface area contributed by atoms with E-state index in [1.807, 2.05) is 5.38 Å². The van der Waals surface area contributed by atoms with Crippen LogP contribution in [0.4, 0.5) is 5.13 Å². The summed E-state index contributed by atoms with van der Waals surface area (Å²) in [5.41, 5.74) is 0.889. The normalized spacial score (nSPS) is 18.9. The van der Waals surface area contributed by atoms with Crippen LogP contribution < -0.4 is 10.2 Å². The molecular weight excluding hydrogens is 364 g/mol. The van der Waals surface area contributed by atoms with Crippen LogP contribution in [0.25, 0.3) is 0 Å². The maximum Gasteiger partial charge on any atom is 0.261 e. The molecule has 4 rings (SSSR count). The van der Waals surface area contributed by atoms with E-state index in [2.05, 4.69) is 15.2 Å². The number of nitrogens with zero attached hydrogens (tertiary/aromatic N) is 3. The van der Waals surface area contributed by atoms with Gasteiger partial charge in [0.05, 0.1) is 11.1 Å². The van der Waals surface area contributed by atoms with Crippen molar-refractivity contribution in [1.29, 1.82) is 0 Å². The van der Waals surface area contributed by atoms with Crippen molar-refractivity contribution in [2.45, 2.75) is 25.3 Å². The molecule has 27 heavy (non-hydrogen) atoms. The number of hydrogen-bond donors (Lipinski definition) is 1. The zero-order valence-electron chi connectivity index (χ0n) is 14.8. The first kappa shape index (κ1) is 17.7. The monoisotopic (exact) mass is 384 g/mol. The van der Waals surface area contributed by atoms with E-state index in [9.17, 15) is 14.4 Å². The van der Waals surface area contributed by atoms with Gasteiger partial charge in [0.2, 0.25) is 5.91 Å². The van der Waals surface area contributed by atoms with Crippen molar-refractivity contribution < 1.29 is 14.4 Å².